The Morgan fingerprint density at radius 2 is 0.894 bits per heavy atom. The summed E-state index contributed by atoms with van der Waals surface area (Å²) in [5.41, 5.74) is 9.18. The summed E-state index contributed by atoms with van der Waals surface area (Å²) in [5, 5.41) is 4.31. The molecule has 0 fully saturated rings. The third-order valence-corrected chi connectivity index (χ3v) is 8.73. The minimum atomic E-state index is 0.608. The standard InChI is InChI=1S/C43H27N3O/c1-3-12-29(13-4-1)34-16-7-8-17-35(34)31-24-22-28-23-25-32(27-33(28)26-31)42-44-41(30-14-5-2-6-15-30)45-43(46-42)37-19-11-21-39-40(37)36-18-9-10-20-38(36)47-39/h1-27H. The summed E-state index contributed by atoms with van der Waals surface area (Å²) in [6.07, 6.45) is 0. The number of furan rings is 1. The van der Waals surface area contributed by atoms with Crippen molar-refractivity contribution in [3.05, 3.63) is 164 Å². The molecule has 0 saturated heterocycles. The van der Waals surface area contributed by atoms with Crippen LogP contribution in [0.5, 0.6) is 0 Å². The van der Waals surface area contributed by atoms with Crippen molar-refractivity contribution in [3.8, 4) is 56.4 Å². The van der Waals surface area contributed by atoms with E-state index in [1.54, 1.807) is 0 Å². The van der Waals surface area contributed by atoms with Crippen LogP contribution in [-0.4, -0.2) is 15.0 Å². The molecular formula is C43H27N3O. The van der Waals surface area contributed by atoms with Crippen LogP contribution in [0.1, 0.15) is 0 Å². The van der Waals surface area contributed by atoms with E-state index in [4.69, 9.17) is 19.4 Å². The molecule has 220 valence electrons. The van der Waals surface area contributed by atoms with Crippen molar-refractivity contribution in [2.45, 2.75) is 0 Å². The smallest absolute Gasteiger partial charge is 0.164 e. The molecule has 0 saturated carbocycles. The molecule has 0 amide bonds. The highest BCUT2D eigenvalue weighted by molar-refractivity contribution is 6.11. The quantitative estimate of drug-likeness (QED) is 0.197. The van der Waals surface area contributed by atoms with E-state index in [1.165, 1.54) is 16.7 Å². The predicted octanol–water partition coefficient (Wildman–Crippen LogP) is 11.3. The molecule has 4 heteroatoms. The first-order chi connectivity index (χ1) is 23.3. The Balaban J connectivity index is 1.22. The summed E-state index contributed by atoms with van der Waals surface area (Å²) in [4.78, 5) is 15.2. The molecule has 0 N–H and O–H groups in total. The van der Waals surface area contributed by atoms with Gasteiger partial charge < -0.3 is 4.42 Å². The Labute approximate surface area is 271 Å². The Morgan fingerprint density at radius 1 is 0.340 bits per heavy atom. The lowest BCUT2D eigenvalue weighted by molar-refractivity contribution is 0.669. The molecule has 2 heterocycles. The average Bonchev–Trinajstić information content (AvgIpc) is 3.54. The van der Waals surface area contributed by atoms with Crippen molar-refractivity contribution in [2.75, 3.05) is 0 Å². The molecule has 0 spiro atoms. The van der Waals surface area contributed by atoms with Gasteiger partial charge in [0.05, 0.1) is 0 Å². The summed E-state index contributed by atoms with van der Waals surface area (Å²) in [6, 6.07) is 56.5. The SMILES string of the molecule is c1ccc(-c2nc(-c3ccc4ccc(-c5ccccc5-c5ccccc5)cc4c3)nc(-c3cccc4oc5ccccc5c34)n2)cc1. The van der Waals surface area contributed by atoms with Gasteiger partial charge in [-0.15, -0.1) is 0 Å². The molecule has 0 radical (unpaired) electrons. The van der Waals surface area contributed by atoms with Crippen LogP contribution in [0.4, 0.5) is 0 Å². The number of nitrogens with zero attached hydrogens (tertiary/aromatic N) is 3. The lowest BCUT2D eigenvalue weighted by Crippen LogP contribution is -2.00. The van der Waals surface area contributed by atoms with E-state index in [0.29, 0.717) is 17.5 Å². The summed E-state index contributed by atoms with van der Waals surface area (Å²) < 4.78 is 6.21. The maximum atomic E-state index is 6.21. The lowest BCUT2D eigenvalue weighted by Gasteiger charge is -2.12. The number of rotatable bonds is 5. The maximum absolute atomic E-state index is 6.21. The number of benzene rings is 7. The van der Waals surface area contributed by atoms with Gasteiger partial charge in [0.1, 0.15) is 11.2 Å². The summed E-state index contributed by atoms with van der Waals surface area (Å²) in [5.74, 6) is 1.85. The molecule has 4 nitrogen and oxygen atoms in total. The van der Waals surface area contributed by atoms with Crippen molar-refractivity contribution in [3.63, 3.8) is 0 Å². The van der Waals surface area contributed by atoms with Crippen LogP contribution in [0, 0.1) is 0 Å². The van der Waals surface area contributed by atoms with E-state index in [0.717, 1.165) is 55.0 Å². The first kappa shape index (κ1) is 27.0. The zero-order chi connectivity index (χ0) is 31.2. The molecule has 9 aromatic rings. The summed E-state index contributed by atoms with van der Waals surface area (Å²) in [6.45, 7) is 0. The van der Waals surface area contributed by atoms with E-state index in [9.17, 15) is 0 Å². The van der Waals surface area contributed by atoms with Crippen LogP contribution in [0.2, 0.25) is 0 Å². The fourth-order valence-corrected chi connectivity index (χ4v) is 6.46. The molecule has 0 aliphatic heterocycles. The highest BCUT2D eigenvalue weighted by atomic mass is 16.3. The highest BCUT2D eigenvalue weighted by Gasteiger charge is 2.18. The number of hydrogen-bond acceptors (Lipinski definition) is 4. The van der Waals surface area contributed by atoms with Crippen LogP contribution in [0.25, 0.3) is 89.1 Å². The number of fused-ring (bicyclic) bond motifs is 4. The largest absolute Gasteiger partial charge is 0.456 e. The number of aromatic nitrogens is 3. The van der Waals surface area contributed by atoms with E-state index in [2.05, 4.69) is 103 Å². The molecule has 9 rings (SSSR count). The Kier molecular flexibility index (Phi) is 6.43. The molecule has 0 unspecified atom stereocenters. The van der Waals surface area contributed by atoms with Gasteiger partial charge in [0.25, 0.3) is 0 Å². The van der Waals surface area contributed by atoms with Crippen molar-refractivity contribution in [2.24, 2.45) is 0 Å². The summed E-state index contributed by atoms with van der Waals surface area (Å²) >= 11 is 0. The molecule has 7 aromatic carbocycles. The van der Waals surface area contributed by atoms with Gasteiger partial charge in [-0.1, -0.05) is 140 Å². The van der Waals surface area contributed by atoms with Crippen LogP contribution in [-0.2, 0) is 0 Å². The highest BCUT2D eigenvalue weighted by Crippen LogP contribution is 2.37. The van der Waals surface area contributed by atoms with Gasteiger partial charge >= 0.3 is 0 Å². The van der Waals surface area contributed by atoms with E-state index in [-0.39, 0.29) is 0 Å². The van der Waals surface area contributed by atoms with Crippen LogP contribution in [0.15, 0.2) is 168 Å². The zero-order valence-electron chi connectivity index (χ0n) is 25.3. The second kappa shape index (κ2) is 11.2. The Morgan fingerprint density at radius 3 is 1.68 bits per heavy atom. The van der Waals surface area contributed by atoms with Crippen LogP contribution >= 0.6 is 0 Å². The number of hydrogen-bond donors (Lipinski definition) is 0. The Hall–Kier alpha value is -6.39. The lowest BCUT2D eigenvalue weighted by atomic mass is 9.93. The van der Waals surface area contributed by atoms with E-state index in [1.807, 2.05) is 60.7 Å². The average molecular weight is 602 g/mol. The maximum Gasteiger partial charge on any atom is 0.164 e. The van der Waals surface area contributed by atoms with Gasteiger partial charge in [-0.3, -0.25) is 0 Å². The van der Waals surface area contributed by atoms with Crippen LogP contribution < -0.4 is 0 Å². The van der Waals surface area contributed by atoms with Gasteiger partial charge in [0.15, 0.2) is 17.5 Å². The van der Waals surface area contributed by atoms with Crippen molar-refractivity contribution < 1.29 is 4.42 Å². The van der Waals surface area contributed by atoms with Crippen molar-refractivity contribution >= 4 is 32.7 Å². The van der Waals surface area contributed by atoms with E-state index >= 15 is 0 Å². The van der Waals surface area contributed by atoms with Gasteiger partial charge in [0, 0.05) is 27.5 Å². The molecule has 47 heavy (non-hydrogen) atoms. The summed E-state index contributed by atoms with van der Waals surface area (Å²) in [7, 11) is 0. The third-order valence-electron chi connectivity index (χ3n) is 8.73. The minimum Gasteiger partial charge on any atom is -0.456 e. The molecule has 0 bridgehead atoms. The topological polar surface area (TPSA) is 51.8 Å². The molecular weight excluding hydrogens is 574 g/mol. The minimum absolute atomic E-state index is 0.608. The van der Waals surface area contributed by atoms with Gasteiger partial charge in [0.2, 0.25) is 0 Å². The van der Waals surface area contributed by atoms with Crippen molar-refractivity contribution in [1.29, 1.82) is 0 Å². The fourth-order valence-electron chi connectivity index (χ4n) is 6.46. The predicted molar refractivity (Wildman–Crippen MR) is 192 cm³/mol. The first-order valence-electron chi connectivity index (χ1n) is 15.7. The second-order valence-electron chi connectivity index (χ2n) is 11.6. The monoisotopic (exact) mass is 601 g/mol. The van der Waals surface area contributed by atoms with Crippen LogP contribution in [0.3, 0.4) is 0 Å². The normalized spacial score (nSPS) is 11.4. The van der Waals surface area contributed by atoms with Gasteiger partial charge in [-0.05, 0) is 57.3 Å². The van der Waals surface area contributed by atoms with E-state index < -0.39 is 0 Å². The Bertz CT molecular complexity index is 2570. The third kappa shape index (κ3) is 4.84. The van der Waals surface area contributed by atoms with Crippen molar-refractivity contribution in [1.82, 2.24) is 15.0 Å². The molecule has 0 aliphatic carbocycles. The second-order valence-corrected chi connectivity index (χ2v) is 11.6. The van der Waals surface area contributed by atoms with Gasteiger partial charge in [-0.25, -0.2) is 15.0 Å². The molecule has 0 atom stereocenters. The van der Waals surface area contributed by atoms with Gasteiger partial charge in [-0.2, -0.15) is 0 Å². The first-order valence-corrected chi connectivity index (χ1v) is 15.7. The molecule has 0 aliphatic rings. The zero-order valence-corrected chi connectivity index (χ0v) is 25.3. The number of para-hydroxylation sites is 1. The molecule has 2 aromatic heterocycles. The fraction of sp³-hybridized carbons (Fsp3) is 0.